The van der Waals surface area contributed by atoms with Gasteiger partial charge in [-0.2, -0.15) is 30.3 Å². The molecule has 3 heterocycles. The average Bonchev–Trinajstić information content (AvgIpc) is 3.81. The fourth-order valence-electron chi connectivity index (χ4n) is 8.50. The molecule has 254 valence electrons. The van der Waals surface area contributed by atoms with Gasteiger partial charge < -0.3 is 4.57 Å². The molecule has 0 spiro atoms. The summed E-state index contributed by atoms with van der Waals surface area (Å²) in [7, 11) is 2.10. The van der Waals surface area contributed by atoms with E-state index in [0.717, 1.165) is 44.6 Å². The van der Waals surface area contributed by atoms with Crippen molar-refractivity contribution in [3.63, 3.8) is 0 Å². The second-order valence-electron chi connectivity index (χ2n) is 14.0. The van der Waals surface area contributed by atoms with Gasteiger partial charge in [0.05, 0.1) is 0 Å². The molecule has 4 nitrogen and oxygen atoms in total. The van der Waals surface area contributed by atoms with E-state index < -0.39 is 5.41 Å². The van der Waals surface area contributed by atoms with Crippen LogP contribution in [0, 0.1) is 12.1 Å². The third kappa shape index (κ3) is 4.57. The molecule has 1 aliphatic rings. The van der Waals surface area contributed by atoms with Gasteiger partial charge in [-0.3, -0.25) is 0 Å². The van der Waals surface area contributed by atoms with Gasteiger partial charge >= 0.3 is 0 Å². The van der Waals surface area contributed by atoms with Gasteiger partial charge in [0.15, 0.2) is 17.4 Å². The van der Waals surface area contributed by atoms with E-state index in [1.165, 1.54) is 38.7 Å². The van der Waals surface area contributed by atoms with Crippen LogP contribution in [0.15, 0.2) is 152 Å². The van der Waals surface area contributed by atoms with Gasteiger partial charge in [-0.05, 0) is 69.5 Å². The summed E-state index contributed by atoms with van der Waals surface area (Å²) in [6, 6.07) is 58.5. The van der Waals surface area contributed by atoms with Gasteiger partial charge in [-0.1, -0.05) is 92.2 Å². The van der Waals surface area contributed by atoms with Gasteiger partial charge in [0.2, 0.25) is 0 Å². The Morgan fingerprint density at radius 2 is 1.29 bits per heavy atom. The van der Waals surface area contributed by atoms with Crippen LogP contribution in [-0.2, 0) is 33.5 Å². The molecule has 3 aromatic heterocycles. The molecule has 0 saturated heterocycles. The maximum Gasteiger partial charge on any atom is 0.188 e. The van der Waals surface area contributed by atoms with E-state index in [0.29, 0.717) is 5.92 Å². The van der Waals surface area contributed by atoms with Crippen LogP contribution in [0.2, 0.25) is 0 Å². The molecular weight excluding hydrogens is 816 g/mol. The zero-order valence-corrected chi connectivity index (χ0v) is 31.4. The Hall–Kier alpha value is -5.57. The topological polar surface area (TPSA) is 27.7 Å². The second kappa shape index (κ2) is 12.3. The smallest absolute Gasteiger partial charge is 0.188 e. The second-order valence-corrected chi connectivity index (χ2v) is 14.0. The van der Waals surface area contributed by atoms with Crippen LogP contribution in [-0.4, -0.2) is 18.7 Å². The number of nitrogens with zero attached hydrogens (tertiary/aromatic N) is 4. The molecule has 0 radical (unpaired) electrons. The van der Waals surface area contributed by atoms with Crippen molar-refractivity contribution < 1.29 is 21.1 Å². The monoisotopic (exact) mass is 850 g/mol. The number of imidazole rings is 1. The zero-order chi connectivity index (χ0) is 34.3. The summed E-state index contributed by atoms with van der Waals surface area (Å²) in [6.45, 7) is 4.46. The Balaban J connectivity index is 0.00000360. The average molecular weight is 851 g/mol. The first-order valence-corrected chi connectivity index (χ1v) is 17.6. The van der Waals surface area contributed by atoms with Gasteiger partial charge in [0, 0.05) is 63.1 Å². The molecule has 9 aromatic rings. The third-order valence-electron chi connectivity index (χ3n) is 10.9. The van der Waals surface area contributed by atoms with Crippen molar-refractivity contribution in [1.82, 2.24) is 18.7 Å². The molecule has 10 rings (SSSR count). The van der Waals surface area contributed by atoms with E-state index in [-0.39, 0.29) is 21.1 Å². The van der Waals surface area contributed by atoms with E-state index in [2.05, 4.69) is 193 Å². The van der Waals surface area contributed by atoms with Crippen LogP contribution in [0.1, 0.15) is 47.6 Å². The first kappa shape index (κ1) is 32.3. The first-order chi connectivity index (χ1) is 25.0. The minimum Gasteiger partial charge on any atom is -0.319 e. The van der Waals surface area contributed by atoms with Gasteiger partial charge in [-0.15, -0.1) is 22.6 Å². The summed E-state index contributed by atoms with van der Waals surface area (Å²) in [5.74, 6) is 1.29. The van der Waals surface area contributed by atoms with Crippen molar-refractivity contribution >= 4 is 32.8 Å². The SMILES string of the molecule is CC(C)c1ccnc(-n2c3[c-]c(C4(c5[c-]c(-n6[cH+]n(C)c7ccccc76)ccc5)c5ccccc5-c5ccccc54)ccc3c3ccccc32)c1.[Pt]. The van der Waals surface area contributed by atoms with Gasteiger partial charge in [-0.25, -0.2) is 14.1 Å². The number of pyridine rings is 1. The number of benzene rings is 6. The summed E-state index contributed by atoms with van der Waals surface area (Å²) in [5.41, 5.74) is 13.1. The number of rotatable bonds is 5. The minimum atomic E-state index is -0.670. The van der Waals surface area contributed by atoms with Crippen LogP contribution in [0.3, 0.4) is 0 Å². The number of hydrogen-bond donors (Lipinski definition) is 0. The van der Waals surface area contributed by atoms with E-state index in [1.807, 2.05) is 6.20 Å². The fourth-order valence-corrected chi connectivity index (χ4v) is 8.50. The maximum atomic E-state index is 4.94. The third-order valence-corrected chi connectivity index (χ3v) is 10.9. The van der Waals surface area contributed by atoms with E-state index in [1.54, 1.807) is 0 Å². The van der Waals surface area contributed by atoms with Crippen molar-refractivity contribution in [2.45, 2.75) is 25.2 Å². The number of aryl methyl sites for hydroxylation is 1. The van der Waals surface area contributed by atoms with Crippen LogP contribution in [0.5, 0.6) is 0 Å². The molecule has 0 aliphatic heterocycles. The predicted molar refractivity (Wildman–Crippen MR) is 208 cm³/mol. The standard InChI is InChI=1S/C47H35N4.Pt/c1-31(2)32-25-26-48-46(27-32)51-42-20-9-6-17-38(42)39-24-23-34(29-45(39)51)47(40-18-7-4-15-36(40)37-16-5-8-19-41(37)47)33-13-12-14-35(28-33)50-30-49(3)43-21-10-11-22-44(43)50;/h4-27,30-31H,1-3H3;/q-1;. The van der Waals surface area contributed by atoms with Crippen molar-refractivity contribution in [3.05, 3.63) is 192 Å². The minimum absolute atomic E-state index is 0. The summed E-state index contributed by atoms with van der Waals surface area (Å²) >= 11 is 0. The van der Waals surface area contributed by atoms with Crippen LogP contribution >= 0.6 is 0 Å². The van der Waals surface area contributed by atoms with Crippen molar-refractivity contribution in [3.8, 4) is 22.6 Å². The summed E-state index contributed by atoms with van der Waals surface area (Å²) < 4.78 is 6.72. The molecule has 1 aliphatic carbocycles. The fraction of sp³-hybridized carbons (Fsp3) is 0.106. The van der Waals surface area contributed by atoms with Crippen LogP contribution in [0.25, 0.3) is 55.5 Å². The number of hydrogen-bond acceptors (Lipinski definition) is 1. The molecular formula is C47H35N4Pt-. The quantitative estimate of drug-likeness (QED) is 0.159. The van der Waals surface area contributed by atoms with E-state index in [9.17, 15) is 0 Å². The summed E-state index contributed by atoms with van der Waals surface area (Å²) in [6.07, 6.45) is 4.09. The maximum absolute atomic E-state index is 4.94. The molecule has 0 unspecified atom stereocenters. The Morgan fingerprint density at radius 1 is 0.635 bits per heavy atom. The molecule has 0 atom stereocenters. The van der Waals surface area contributed by atoms with E-state index >= 15 is 0 Å². The number of aromatic nitrogens is 4. The molecule has 0 bridgehead atoms. The zero-order valence-electron chi connectivity index (χ0n) is 29.1. The van der Waals surface area contributed by atoms with Crippen molar-refractivity contribution in [1.29, 1.82) is 0 Å². The Kier molecular flexibility index (Phi) is 7.64. The summed E-state index contributed by atoms with van der Waals surface area (Å²) in [5, 5.41) is 2.35. The Labute approximate surface area is 317 Å². The normalized spacial score (nSPS) is 13.1. The first-order valence-electron chi connectivity index (χ1n) is 17.6. The Morgan fingerprint density at radius 3 is 2.04 bits per heavy atom. The molecule has 0 fully saturated rings. The predicted octanol–water partition coefficient (Wildman–Crippen LogP) is 10.8. The molecule has 0 N–H and O–H groups in total. The number of fused-ring (bicyclic) bond motifs is 7. The summed E-state index contributed by atoms with van der Waals surface area (Å²) in [4.78, 5) is 4.94. The van der Waals surface area contributed by atoms with E-state index in [4.69, 9.17) is 4.98 Å². The van der Waals surface area contributed by atoms with Crippen LogP contribution < -0.4 is 0 Å². The molecule has 5 heteroatoms. The van der Waals surface area contributed by atoms with Gasteiger partial charge in [0.1, 0.15) is 5.82 Å². The largest absolute Gasteiger partial charge is 0.319 e. The Bertz CT molecular complexity index is 2780. The molecule has 0 saturated carbocycles. The number of para-hydroxylation sites is 3. The van der Waals surface area contributed by atoms with Crippen LogP contribution in [0.4, 0.5) is 0 Å². The molecule has 52 heavy (non-hydrogen) atoms. The van der Waals surface area contributed by atoms with Crippen molar-refractivity contribution in [2.75, 3.05) is 0 Å². The molecule has 0 amide bonds. The van der Waals surface area contributed by atoms with Gasteiger partial charge in [0.25, 0.3) is 0 Å². The molecule has 6 aromatic carbocycles. The van der Waals surface area contributed by atoms with Crippen molar-refractivity contribution in [2.24, 2.45) is 7.05 Å².